The van der Waals surface area contributed by atoms with E-state index in [9.17, 15) is 19.5 Å². The Morgan fingerprint density at radius 1 is 1.13 bits per heavy atom. The van der Waals surface area contributed by atoms with Crippen molar-refractivity contribution in [1.82, 2.24) is 4.98 Å². The molecule has 1 unspecified atom stereocenters. The first-order valence-electron chi connectivity index (χ1n) is 9.96. The quantitative estimate of drug-likeness (QED) is 0.564. The highest BCUT2D eigenvalue weighted by Gasteiger charge is 2.21. The number of cyclic esters (lactones) is 3. The highest BCUT2D eigenvalue weighted by molar-refractivity contribution is 5.83. The first kappa shape index (κ1) is 24.0. The van der Waals surface area contributed by atoms with Crippen molar-refractivity contribution in [3.63, 3.8) is 0 Å². The Kier molecular flexibility index (Phi) is 9.14. The molecule has 0 amide bonds. The molecule has 1 aliphatic rings. The predicted octanol–water partition coefficient (Wildman–Crippen LogP) is 2.53. The number of rotatable bonds is 2. The number of aliphatic hydroxyl groups is 1. The molecule has 31 heavy (non-hydrogen) atoms. The molecule has 1 aromatic heterocycles. The maximum atomic E-state index is 12.4. The van der Waals surface area contributed by atoms with E-state index in [1.165, 1.54) is 19.1 Å². The van der Waals surface area contributed by atoms with Crippen LogP contribution < -0.4 is 0 Å². The van der Waals surface area contributed by atoms with Crippen molar-refractivity contribution >= 4 is 24.0 Å². The first-order chi connectivity index (χ1) is 14.7. The van der Waals surface area contributed by atoms with Gasteiger partial charge < -0.3 is 19.3 Å². The monoisotopic (exact) mass is 429 g/mol. The third kappa shape index (κ3) is 8.55. The molecule has 0 bridgehead atoms. The lowest BCUT2D eigenvalue weighted by Crippen LogP contribution is -2.27. The lowest BCUT2D eigenvalue weighted by molar-refractivity contribution is -0.153. The van der Waals surface area contributed by atoms with Crippen LogP contribution in [0.4, 0.5) is 0 Å². The third-order valence-electron chi connectivity index (χ3n) is 4.45. The predicted molar refractivity (Wildman–Crippen MR) is 112 cm³/mol. The Bertz CT molecular complexity index is 860. The van der Waals surface area contributed by atoms with Crippen LogP contribution in [0.25, 0.3) is 6.08 Å². The van der Waals surface area contributed by atoms with Gasteiger partial charge in [-0.2, -0.15) is 0 Å². The molecule has 0 aromatic carbocycles. The van der Waals surface area contributed by atoms with Crippen LogP contribution in [0.5, 0.6) is 0 Å². The standard InChI is InChI=1S/C23H27NO7/c1-15(12-18-6-5-11-24-14-18)20-7-4-8-21(26)30-17(3)19(25)9-10-22(27)29-16(2)13-23(28)31-20/h4-6,8-12,14,16-17,19-20,25H,7,13H2,1-3H3/b8-4+,10-9+,15-12+/t16-,17-,19+,20?/m0/s1. The van der Waals surface area contributed by atoms with Crippen LogP contribution in [0, 0.1) is 0 Å². The molecule has 2 heterocycles. The second-order valence-corrected chi connectivity index (χ2v) is 7.23. The highest BCUT2D eigenvalue weighted by atomic mass is 16.6. The van der Waals surface area contributed by atoms with Crippen molar-refractivity contribution < 1.29 is 33.7 Å². The fourth-order valence-electron chi connectivity index (χ4n) is 2.78. The smallest absolute Gasteiger partial charge is 0.330 e. The second-order valence-electron chi connectivity index (χ2n) is 7.23. The maximum Gasteiger partial charge on any atom is 0.330 e. The molecule has 1 aliphatic heterocycles. The van der Waals surface area contributed by atoms with Gasteiger partial charge in [0.1, 0.15) is 24.4 Å². The zero-order chi connectivity index (χ0) is 22.8. The molecule has 166 valence electrons. The number of pyridine rings is 1. The fourth-order valence-corrected chi connectivity index (χ4v) is 2.78. The van der Waals surface area contributed by atoms with E-state index in [1.807, 2.05) is 19.1 Å². The van der Waals surface area contributed by atoms with Crippen LogP contribution in [-0.2, 0) is 28.6 Å². The average molecular weight is 429 g/mol. The summed E-state index contributed by atoms with van der Waals surface area (Å²) in [4.78, 5) is 40.3. The van der Waals surface area contributed by atoms with E-state index >= 15 is 0 Å². The largest absolute Gasteiger partial charge is 0.459 e. The number of nitrogens with zero attached hydrogens (tertiary/aromatic N) is 1. The number of aliphatic hydroxyl groups excluding tert-OH is 1. The van der Waals surface area contributed by atoms with Gasteiger partial charge >= 0.3 is 17.9 Å². The zero-order valence-electron chi connectivity index (χ0n) is 17.8. The normalized spacial score (nSPS) is 28.8. The fraction of sp³-hybridized carbons (Fsp3) is 0.391. The van der Waals surface area contributed by atoms with Gasteiger partial charge in [-0.3, -0.25) is 9.78 Å². The van der Waals surface area contributed by atoms with Crippen molar-refractivity contribution in [3.05, 3.63) is 60.0 Å². The molecule has 2 rings (SSSR count). The molecule has 8 nitrogen and oxygen atoms in total. The lowest BCUT2D eigenvalue weighted by atomic mass is 10.1. The SMILES string of the molecule is C/C(=C\c1cccnc1)C1C/C=C/C(=O)O[C@@H](C)[C@H](O)/C=C/C(=O)O[C@@H](C)CC(=O)O1. The Hall–Kier alpha value is -3.26. The Morgan fingerprint density at radius 2 is 1.87 bits per heavy atom. The summed E-state index contributed by atoms with van der Waals surface area (Å²) in [7, 11) is 0. The van der Waals surface area contributed by atoms with Crippen molar-refractivity contribution in [2.75, 3.05) is 0 Å². The number of hydrogen-bond acceptors (Lipinski definition) is 8. The molecule has 0 radical (unpaired) electrons. The number of carbonyl (C=O) groups is 3. The van der Waals surface area contributed by atoms with Gasteiger partial charge in [0.25, 0.3) is 0 Å². The molecule has 4 atom stereocenters. The van der Waals surface area contributed by atoms with Crippen LogP contribution in [0.3, 0.4) is 0 Å². The van der Waals surface area contributed by atoms with E-state index < -0.39 is 42.3 Å². The summed E-state index contributed by atoms with van der Waals surface area (Å²) in [5.74, 6) is -1.94. The molecule has 0 spiro atoms. The van der Waals surface area contributed by atoms with Gasteiger partial charge in [0.2, 0.25) is 0 Å². The zero-order valence-corrected chi connectivity index (χ0v) is 17.8. The number of carbonyl (C=O) groups excluding carboxylic acids is 3. The van der Waals surface area contributed by atoms with Crippen molar-refractivity contribution in [1.29, 1.82) is 0 Å². The van der Waals surface area contributed by atoms with Crippen molar-refractivity contribution in [3.8, 4) is 0 Å². The molecule has 1 aromatic rings. The van der Waals surface area contributed by atoms with Gasteiger partial charge in [-0.25, -0.2) is 9.59 Å². The molecular formula is C23H27NO7. The van der Waals surface area contributed by atoms with E-state index in [0.29, 0.717) is 0 Å². The van der Waals surface area contributed by atoms with Crippen molar-refractivity contribution in [2.24, 2.45) is 0 Å². The summed E-state index contributed by atoms with van der Waals surface area (Å²) < 4.78 is 15.8. The number of ether oxygens (including phenoxy) is 3. The van der Waals surface area contributed by atoms with Crippen molar-refractivity contribution in [2.45, 2.75) is 58.0 Å². The lowest BCUT2D eigenvalue weighted by Gasteiger charge is -2.20. The molecular weight excluding hydrogens is 402 g/mol. The van der Waals surface area contributed by atoms with E-state index in [2.05, 4.69) is 4.98 Å². The summed E-state index contributed by atoms with van der Waals surface area (Å²) in [6.07, 6.45) is 6.81. The van der Waals surface area contributed by atoms with E-state index in [0.717, 1.165) is 17.2 Å². The Labute approximate surface area is 181 Å². The van der Waals surface area contributed by atoms with E-state index in [4.69, 9.17) is 14.2 Å². The number of esters is 3. The summed E-state index contributed by atoms with van der Waals surface area (Å²) in [6.45, 7) is 4.88. The summed E-state index contributed by atoms with van der Waals surface area (Å²) in [5, 5.41) is 10.0. The van der Waals surface area contributed by atoms with Gasteiger partial charge in [-0.1, -0.05) is 18.2 Å². The van der Waals surface area contributed by atoms with E-state index in [1.54, 1.807) is 31.5 Å². The van der Waals surface area contributed by atoms with Crippen LogP contribution in [0.1, 0.15) is 39.2 Å². The Morgan fingerprint density at radius 3 is 2.58 bits per heavy atom. The third-order valence-corrected chi connectivity index (χ3v) is 4.45. The number of hydrogen-bond donors (Lipinski definition) is 1. The summed E-state index contributed by atoms with van der Waals surface area (Å²) >= 11 is 0. The molecule has 0 aliphatic carbocycles. The average Bonchev–Trinajstić information content (AvgIpc) is 2.71. The minimum atomic E-state index is -1.18. The van der Waals surface area contributed by atoms with Gasteiger partial charge in [-0.15, -0.1) is 0 Å². The maximum absolute atomic E-state index is 12.4. The topological polar surface area (TPSA) is 112 Å². The Balaban J connectivity index is 2.23. The molecule has 0 fully saturated rings. The highest BCUT2D eigenvalue weighted by Crippen LogP contribution is 2.17. The number of aromatic nitrogens is 1. The summed E-state index contributed by atoms with van der Waals surface area (Å²) in [6, 6.07) is 3.66. The van der Waals surface area contributed by atoms with Crippen LogP contribution >= 0.6 is 0 Å². The molecule has 8 heteroatoms. The van der Waals surface area contributed by atoms with Gasteiger partial charge in [0.15, 0.2) is 0 Å². The molecule has 0 saturated heterocycles. The molecule has 0 saturated carbocycles. The van der Waals surface area contributed by atoms with E-state index in [-0.39, 0.29) is 12.8 Å². The molecule has 1 N–H and O–H groups in total. The van der Waals surface area contributed by atoms with Gasteiger partial charge in [0, 0.05) is 31.0 Å². The summed E-state index contributed by atoms with van der Waals surface area (Å²) in [5.41, 5.74) is 1.58. The second kappa shape index (κ2) is 11.8. The van der Waals surface area contributed by atoms with Crippen LogP contribution in [-0.4, -0.2) is 52.4 Å². The van der Waals surface area contributed by atoms with Gasteiger partial charge in [-0.05, 0) is 44.1 Å². The minimum Gasteiger partial charge on any atom is -0.459 e. The minimum absolute atomic E-state index is 0.138. The van der Waals surface area contributed by atoms with Crippen LogP contribution in [0.2, 0.25) is 0 Å². The first-order valence-corrected chi connectivity index (χ1v) is 9.96. The van der Waals surface area contributed by atoms with Gasteiger partial charge in [0.05, 0.1) is 6.42 Å². The van der Waals surface area contributed by atoms with Crippen LogP contribution in [0.15, 0.2) is 54.4 Å².